The third-order valence-corrected chi connectivity index (χ3v) is 6.05. The van der Waals surface area contributed by atoms with Gasteiger partial charge in [0.25, 0.3) is 0 Å². The zero-order valence-corrected chi connectivity index (χ0v) is 19.3. The van der Waals surface area contributed by atoms with Crippen molar-refractivity contribution in [2.45, 2.75) is 44.6 Å². The molecular formula is C17H35IN4O3S. The van der Waals surface area contributed by atoms with Gasteiger partial charge in [-0.3, -0.25) is 9.89 Å². The molecule has 1 saturated heterocycles. The molecule has 2 rings (SSSR count). The molecule has 1 heterocycles. The Morgan fingerprint density at radius 2 is 1.81 bits per heavy atom. The summed E-state index contributed by atoms with van der Waals surface area (Å²) in [6, 6.07) is 0. The maximum atomic E-state index is 11.3. The van der Waals surface area contributed by atoms with Crippen molar-refractivity contribution in [2.75, 3.05) is 57.9 Å². The van der Waals surface area contributed by atoms with Gasteiger partial charge in [0, 0.05) is 38.0 Å². The highest BCUT2D eigenvalue weighted by molar-refractivity contribution is 14.0. The lowest BCUT2D eigenvalue weighted by Crippen LogP contribution is -2.56. The summed E-state index contributed by atoms with van der Waals surface area (Å²) in [6.07, 6.45) is 7.44. The van der Waals surface area contributed by atoms with Crippen LogP contribution in [0.1, 0.15) is 39.0 Å². The maximum absolute atomic E-state index is 11.3. The van der Waals surface area contributed by atoms with Gasteiger partial charge in [-0.2, -0.15) is 0 Å². The summed E-state index contributed by atoms with van der Waals surface area (Å²) >= 11 is 0. The monoisotopic (exact) mass is 502 g/mol. The second-order valence-corrected chi connectivity index (χ2v) is 9.40. The standard InChI is InChI=1S/C17H34N4O3S.HI/c1-3-18-16(19-9-14-25(2,22)23)20-15-17(7-5-4-6-8-17)21-10-12-24-13-11-21;/h3-15H2,1-2H3,(H2,18,19,20);1H. The predicted octanol–water partition coefficient (Wildman–Crippen LogP) is 1.24. The number of nitrogens with zero attached hydrogens (tertiary/aromatic N) is 2. The van der Waals surface area contributed by atoms with Crippen LogP contribution in [0.5, 0.6) is 0 Å². The van der Waals surface area contributed by atoms with Crippen molar-refractivity contribution in [1.82, 2.24) is 15.5 Å². The van der Waals surface area contributed by atoms with E-state index in [2.05, 4.69) is 15.5 Å². The molecule has 0 aromatic heterocycles. The van der Waals surface area contributed by atoms with Crippen LogP contribution in [0.2, 0.25) is 0 Å². The van der Waals surface area contributed by atoms with Crippen LogP contribution >= 0.6 is 24.0 Å². The first-order valence-corrected chi connectivity index (χ1v) is 11.5. The molecule has 1 saturated carbocycles. The lowest BCUT2D eigenvalue weighted by molar-refractivity contribution is -0.0333. The highest BCUT2D eigenvalue weighted by Crippen LogP contribution is 2.34. The Hall–Kier alpha value is -0.130. The molecular weight excluding hydrogens is 467 g/mol. The van der Waals surface area contributed by atoms with Crippen LogP contribution in [0.15, 0.2) is 4.99 Å². The van der Waals surface area contributed by atoms with Crippen molar-refractivity contribution in [3.05, 3.63) is 0 Å². The van der Waals surface area contributed by atoms with Gasteiger partial charge >= 0.3 is 0 Å². The fourth-order valence-corrected chi connectivity index (χ4v) is 4.22. The third kappa shape index (κ3) is 7.85. The summed E-state index contributed by atoms with van der Waals surface area (Å²) < 4.78 is 28.2. The first-order chi connectivity index (χ1) is 12.0. The van der Waals surface area contributed by atoms with Gasteiger partial charge in [-0.1, -0.05) is 19.3 Å². The van der Waals surface area contributed by atoms with Crippen molar-refractivity contribution in [1.29, 1.82) is 0 Å². The molecule has 1 aliphatic carbocycles. The lowest BCUT2D eigenvalue weighted by Gasteiger charge is -2.47. The van der Waals surface area contributed by atoms with E-state index >= 15 is 0 Å². The topological polar surface area (TPSA) is 83.0 Å². The summed E-state index contributed by atoms with van der Waals surface area (Å²) in [5.41, 5.74) is 0.126. The lowest BCUT2D eigenvalue weighted by atomic mass is 9.80. The Bertz CT molecular complexity index is 530. The Morgan fingerprint density at radius 1 is 1.15 bits per heavy atom. The highest BCUT2D eigenvalue weighted by Gasteiger charge is 2.38. The minimum Gasteiger partial charge on any atom is -0.379 e. The second kappa shape index (κ2) is 11.7. The van der Waals surface area contributed by atoms with Crippen LogP contribution in [0.3, 0.4) is 0 Å². The molecule has 0 aromatic rings. The summed E-state index contributed by atoms with van der Waals surface area (Å²) in [6.45, 7) is 7.48. The first-order valence-electron chi connectivity index (χ1n) is 9.48. The molecule has 2 aliphatic rings. The average molecular weight is 502 g/mol. The summed E-state index contributed by atoms with van der Waals surface area (Å²) in [7, 11) is -2.97. The molecule has 154 valence electrons. The van der Waals surface area contributed by atoms with Crippen LogP contribution in [-0.4, -0.2) is 82.8 Å². The highest BCUT2D eigenvalue weighted by atomic mass is 127. The van der Waals surface area contributed by atoms with Crippen molar-refractivity contribution in [3.8, 4) is 0 Å². The van der Waals surface area contributed by atoms with E-state index in [-0.39, 0.29) is 35.3 Å². The number of morpholine rings is 1. The van der Waals surface area contributed by atoms with Gasteiger partial charge in [-0.05, 0) is 19.8 Å². The molecule has 7 nitrogen and oxygen atoms in total. The number of hydrogen-bond donors (Lipinski definition) is 2. The number of nitrogens with one attached hydrogen (secondary N) is 2. The third-order valence-electron chi connectivity index (χ3n) is 5.11. The maximum Gasteiger partial charge on any atom is 0.191 e. The van der Waals surface area contributed by atoms with E-state index < -0.39 is 9.84 Å². The first kappa shape index (κ1) is 23.9. The Morgan fingerprint density at radius 3 is 2.38 bits per heavy atom. The fraction of sp³-hybridized carbons (Fsp3) is 0.941. The van der Waals surface area contributed by atoms with E-state index in [0.29, 0.717) is 12.5 Å². The number of rotatable bonds is 7. The molecule has 0 amide bonds. The van der Waals surface area contributed by atoms with Gasteiger partial charge in [-0.25, -0.2) is 8.42 Å². The molecule has 2 fully saturated rings. The molecule has 0 unspecified atom stereocenters. The van der Waals surface area contributed by atoms with Gasteiger partial charge in [-0.15, -0.1) is 24.0 Å². The van der Waals surface area contributed by atoms with E-state index in [4.69, 9.17) is 9.73 Å². The van der Waals surface area contributed by atoms with Gasteiger partial charge in [0.1, 0.15) is 9.84 Å². The van der Waals surface area contributed by atoms with Crippen molar-refractivity contribution < 1.29 is 13.2 Å². The van der Waals surface area contributed by atoms with Crippen molar-refractivity contribution >= 4 is 39.8 Å². The van der Waals surface area contributed by atoms with E-state index in [9.17, 15) is 8.42 Å². The SMILES string of the molecule is CCNC(=NCC1(N2CCOCC2)CCCCC1)NCCS(C)(=O)=O.I. The Labute approximate surface area is 175 Å². The average Bonchev–Trinajstić information content (AvgIpc) is 2.60. The van der Waals surface area contributed by atoms with Gasteiger partial charge in [0.15, 0.2) is 5.96 Å². The van der Waals surface area contributed by atoms with Crippen LogP contribution in [-0.2, 0) is 14.6 Å². The largest absolute Gasteiger partial charge is 0.379 e. The second-order valence-electron chi connectivity index (χ2n) is 7.14. The number of hydrogen-bond acceptors (Lipinski definition) is 5. The quantitative estimate of drug-likeness (QED) is 0.310. The molecule has 0 atom stereocenters. The van der Waals surface area contributed by atoms with Crippen LogP contribution in [0.4, 0.5) is 0 Å². The smallest absolute Gasteiger partial charge is 0.191 e. The fourth-order valence-electron chi connectivity index (χ4n) is 3.74. The zero-order chi connectivity index (χ0) is 18.2. The van der Waals surface area contributed by atoms with E-state index in [0.717, 1.165) is 39.4 Å². The summed E-state index contributed by atoms with van der Waals surface area (Å²) in [5.74, 6) is 0.829. The molecule has 0 aromatic carbocycles. The van der Waals surface area contributed by atoms with Crippen LogP contribution in [0.25, 0.3) is 0 Å². The van der Waals surface area contributed by atoms with Gasteiger partial charge in [0.2, 0.25) is 0 Å². The Balaban J connectivity index is 0.00000338. The zero-order valence-electron chi connectivity index (χ0n) is 16.1. The van der Waals surface area contributed by atoms with E-state index in [1.807, 2.05) is 6.92 Å². The molecule has 0 spiro atoms. The van der Waals surface area contributed by atoms with Crippen molar-refractivity contribution in [3.63, 3.8) is 0 Å². The van der Waals surface area contributed by atoms with Crippen LogP contribution in [0, 0.1) is 0 Å². The van der Waals surface area contributed by atoms with Gasteiger partial charge in [0.05, 0.1) is 25.5 Å². The van der Waals surface area contributed by atoms with E-state index in [1.54, 1.807) is 0 Å². The molecule has 1 aliphatic heterocycles. The Kier molecular flexibility index (Phi) is 10.7. The molecule has 26 heavy (non-hydrogen) atoms. The minimum atomic E-state index is -2.97. The van der Waals surface area contributed by atoms with Crippen molar-refractivity contribution in [2.24, 2.45) is 4.99 Å². The summed E-state index contributed by atoms with van der Waals surface area (Å²) in [5, 5.41) is 6.38. The number of ether oxygens (including phenoxy) is 1. The van der Waals surface area contributed by atoms with Gasteiger partial charge < -0.3 is 15.4 Å². The molecule has 0 radical (unpaired) electrons. The van der Waals surface area contributed by atoms with Crippen LogP contribution < -0.4 is 10.6 Å². The number of aliphatic imine (C=N–C) groups is 1. The van der Waals surface area contributed by atoms with E-state index in [1.165, 1.54) is 38.4 Å². The molecule has 0 bridgehead atoms. The number of halogens is 1. The summed E-state index contributed by atoms with van der Waals surface area (Å²) in [4.78, 5) is 7.39. The predicted molar refractivity (Wildman–Crippen MR) is 117 cm³/mol. The minimum absolute atomic E-state index is 0. The number of sulfone groups is 1. The molecule has 2 N–H and O–H groups in total. The molecule has 9 heteroatoms. The number of guanidine groups is 1. The normalized spacial score (nSPS) is 21.7.